The summed E-state index contributed by atoms with van der Waals surface area (Å²) in [4.78, 5) is 0. The zero-order valence-corrected chi connectivity index (χ0v) is 14.1. The van der Waals surface area contributed by atoms with Crippen molar-refractivity contribution in [2.24, 2.45) is 0 Å². The summed E-state index contributed by atoms with van der Waals surface area (Å²) in [6.45, 7) is 9.61. The molecule has 1 unspecified atom stereocenters. The molecule has 0 aliphatic carbocycles. The molecule has 0 aliphatic heterocycles. The van der Waals surface area contributed by atoms with Gasteiger partial charge in [0.1, 0.15) is 0 Å². The molecule has 0 fully saturated rings. The first-order valence-corrected chi connectivity index (χ1v) is 8.01. The molecule has 0 saturated heterocycles. The van der Waals surface area contributed by atoms with E-state index in [-0.39, 0.29) is 6.04 Å². The monoisotopic (exact) mass is 301 g/mol. The van der Waals surface area contributed by atoms with Crippen molar-refractivity contribution in [3.63, 3.8) is 0 Å². The molecule has 112 valence electrons. The number of hydrogen-bond donors (Lipinski definition) is 1. The Labute approximate surface area is 133 Å². The second-order valence-corrected chi connectivity index (χ2v) is 6.14. The first-order chi connectivity index (χ1) is 10.0. The van der Waals surface area contributed by atoms with Crippen LogP contribution in [-0.4, -0.2) is 6.54 Å². The zero-order chi connectivity index (χ0) is 15.4. The van der Waals surface area contributed by atoms with Gasteiger partial charge in [-0.25, -0.2) is 0 Å². The molecule has 2 rings (SSSR count). The van der Waals surface area contributed by atoms with E-state index >= 15 is 0 Å². The predicted octanol–water partition coefficient (Wildman–Crippen LogP) is 5.68. The highest BCUT2D eigenvalue weighted by molar-refractivity contribution is 6.31. The fraction of sp³-hybridized carbons (Fsp3) is 0.368. The summed E-state index contributed by atoms with van der Waals surface area (Å²) in [5, 5.41) is 4.32. The number of aryl methyl sites for hydroxylation is 2. The van der Waals surface area contributed by atoms with E-state index in [9.17, 15) is 0 Å². The molecule has 0 radical (unpaired) electrons. The van der Waals surface area contributed by atoms with Gasteiger partial charge in [0, 0.05) is 11.1 Å². The number of halogens is 1. The van der Waals surface area contributed by atoms with Crippen LogP contribution in [0.15, 0.2) is 36.4 Å². The van der Waals surface area contributed by atoms with Crippen LogP contribution in [0.3, 0.4) is 0 Å². The smallest absolute Gasteiger partial charge is 0.0459 e. The van der Waals surface area contributed by atoms with E-state index < -0.39 is 0 Å². The maximum atomic E-state index is 6.50. The topological polar surface area (TPSA) is 12.0 Å². The van der Waals surface area contributed by atoms with Crippen molar-refractivity contribution in [3.8, 4) is 11.1 Å². The van der Waals surface area contributed by atoms with Gasteiger partial charge in [-0.1, -0.05) is 54.4 Å². The summed E-state index contributed by atoms with van der Waals surface area (Å²) >= 11 is 6.50. The highest BCUT2D eigenvalue weighted by atomic mass is 35.5. The minimum absolute atomic E-state index is 0.283. The summed E-state index contributed by atoms with van der Waals surface area (Å²) < 4.78 is 0. The number of nitrogens with one attached hydrogen (secondary N) is 1. The molecule has 1 N–H and O–H groups in total. The van der Waals surface area contributed by atoms with Gasteiger partial charge >= 0.3 is 0 Å². The van der Waals surface area contributed by atoms with Crippen molar-refractivity contribution in [3.05, 3.63) is 58.1 Å². The second kappa shape index (κ2) is 7.11. The van der Waals surface area contributed by atoms with Gasteiger partial charge in [0.15, 0.2) is 0 Å². The van der Waals surface area contributed by atoms with E-state index in [2.05, 4.69) is 69.4 Å². The quantitative estimate of drug-likeness (QED) is 0.748. The van der Waals surface area contributed by atoms with Crippen molar-refractivity contribution in [2.45, 2.75) is 40.2 Å². The zero-order valence-electron chi connectivity index (χ0n) is 13.3. The molecule has 21 heavy (non-hydrogen) atoms. The lowest BCUT2D eigenvalue weighted by Gasteiger charge is -2.16. The van der Waals surface area contributed by atoms with Gasteiger partial charge in [-0.15, -0.1) is 0 Å². The van der Waals surface area contributed by atoms with Crippen LogP contribution in [0, 0.1) is 13.8 Å². The Bertz CT molecular complexity index is 619. The van der Waals surface area contributed by atoms with Gasteiger partial charge in [-0.3, -0.25) is 0 Å². The number of benzene rings is 2. The van der Waals surface area contributed by atoms with E-state index in [1.54, 1.807) is 0 Å². The van der Waals surface area contributed by atoms with E-state index in [0.717, 1.165) is 18.0 Å². The van der Waals surface area contributed by atoms with Crippen LogP contribution in [0.5, 0.6) is 0 Å². The fourth-order valence-electron chi connectivity index (χ4n) is 2.65. The highest BCUT2D eigenvalue weighted by Crippen LogP contribution is 2.31. The van der Waals surface area contributed by atoms with Gasteiger partial charge < -0.3 is 5.32 Å². The van der Waals surface area contributed by atoms with E-state index in [1.807, 2.05) is 0 Å². The molecule has 1 nitrogen and oxygen atoms in total. The molecule has 2 aromatic carbocycles. The summed E-state index contributed by atoms with van der Waals surface area (Å²) in [5.41, 5.74) is 6.18. The Balaban J connectivity index is 2.30. The SMILES string of the molecule is CCCNC(C)c1ccc(-c2ccc(C)cc2C)cc1Cl. The highest BCUT2D eigenvalue weighted by Gasteiger charge is 2.11. The summed E-state index contributed by atoms with van der Waals surface area (Å²) in [6, 6.07) is 13.2. The molecular weight excluding hydrogens is 278 g/mol. The molecule has 0 saturated carbocycles. The third-order valence-electron chi connectivity index (χ3n) is 3.86. The standard InChI is InChI=1S/C19H24ClN/c1-5-10-21-15(4)18-9-7-16(12-19(18)20)17-8-6-13(2)11-14(17)3/h6-9,11-12,15,21H,5,10H2,1-4H3. The molecule has 2 heteroatoms. The van der Waals surface area contributed by atoms with Crippen molar-refractivity contribution >= 4 is 11.6 Å². The lowest BCUT2D eigenvalue weighted by atomic mass is 9.96. The molecule has 2 aromatic rings. The summed E-state index contributed by atoms with van der Waals surface area (Å²) in [5.74, 6) is 0. The van der Waals surface area contributed by atoms with Crippen LogP contribution >= 0.6 is 11.6 Å². The summed E-state index contributed by atoms with van der Waals surface area (Å²) in [7, 11) is 0. The lowest BCUT2D eigenvalue weighted by molar-refractivity contribution is 0.571. The van der Waals surface area contributed by atoms with Crippen LogP contribution in [0.2, 0.25) is 5.02 Å². The van der Waals surface area contributed by atoms with E-state index in [0.29, 0.717) is 0 Å². The minimum atomic E-state index is 0.283. The predicted molar refractivity (Wildman–Crippen MR) is 93.1 cm³/mol. The Kier molecular flexibility index (Phi) is 5.44. The number of hydrogen-bond acceptors (Lipinski definition) is 1. The first kappa shape index (κ1) is 16.1. The van der Waals surface area contributed by atoms with Crippen molar-refractivity contribution in [1.29, 1.82) is 0 Å². The fourth-order valence-corrected chi connectivity index (χ4v) is 3.00. The molecule has 1 atom stereocenters. The van der Waals surface area contributed by atoms with Crippen LogP contribution in [0.25, 0.3) is 11.1 Å². The third-order valence-corrected chi connectivity index (χ3v) is 4.19. The second-order valence-electron chi connectivity index (χ2n) is 5.73. The van der Waals surface area contributed by atoms with Crippen LogP contribution in [-0.2, 0) is 0 Å². The van der Waals surface area contributed by atoms with Gasteiger partial charge in [-0.2, -0.15) is 0 Å². The largest absolute Gasteiger partial charge is 0.310 e. The van der Waals surface area contributed by atoms with Crippen molar-refractivity contribution in [2.75, 3.05) is 6.54 Å². The summed E-state index contributed by atoms with van der Waals surface area (Å²) in [6.07, 6.45) is 1.13. The molecule has 0 spiro atoms. The van der Waals surface area contributed by atoms with Gasteiger partial charge in [0.05, 0.1) is 0 Å². The molecule has 0 heterocycles. The molecule has 0 aliphatic rings. The van der Waals surface area contributed by atoms with Gasteiger partial charge in [-0.05, 0) is 62.1 Å². The Morgan fingerprint density at radius 1 is 1.10 bits per heavy atom. The maximum Gasteiger partial charge on any atom is 0.0459 e. The minimum Gasteiger partial charge on any atom is -0.310 e. The third kappa shape index (κ3) is 3.87. The van der Waals surface area contributed by atoms with Gasteiger partial charge in [0.2, 0.25) is 0 Å². The maximum absolute atomic E-state index is 6.50. The molecule has 0 bridgehead atoms. The average Bonchev–Trinajstić information content (AvgIpc) is 2.44. The molecule has 0 amide bonds. The van der Waals surface area contributed by atoms with E-state index in [1.165, 1.54) is 27.8 Å². The van der Waals surface area contributed by atoms with Crippen molar-refractivity contribution < 1.29 is 0 Å². The van der Waals surface area contributed by atoms with Crippen LogP contribution in [0.4, 0.5) is 0 Å². The average molecular weight is 302 g/mol. The lowest BCUT2D eigenvalue weighted by Crippen LogP contribution is -2.19. The molecule has 0 aromatic heterocycles. The van der Waals surface area contributed by atoms with Gasteiger partial charge in [0.25, 0.3) is 0 Å². The normalized spacial score (nSPS) is 12.4. The Hall–Kier alpha value is -1.31. The van der Waals surface area contributed by atoms with Crippen molar-refractivity contribution in [1.82, 2.24) is 5.32 Å². The van der Waals surface area contributed by atoms with Crippen LogP contribution in [0.1, 0.15) is 43.0 Å². The Morgan fingerprint density at radius 3 is 2.48 bits per heavy atom. The number of rotatable bonds is 5. The Morgan fingerprint density at radius 2 is 1.86 bits per heavy atom. The first-order valence-electron chi connectivity index (χ1n) is 7.63. The molecular formula is C19H24ClN. The van der Waals surface area contributed by atoms with E-state index in [4.69, 9.17) is 11.6 Å². The van der Waals surface area contributed by atoms with Crippen LogP contribution < -0.4 is 5.32 Å².